The first-order valence-corrected chi connectivity index (χ1v) is 10.5. The summed E-state index contributed by atoms with van der Waals surface area (Å²) < 4.78 is 7.13. The molecule has 2 aromatic carbocycles. The van der Waals surface area contributed by atoms with E-state index >= 15 is 0 Å². The molecule has 2 aromatic heterocycles. The van der Waals surface area contributed by atoms with E-state index < -0.39 is 0 Å². The number of ether oxygens (including phenoxy) is 1. The predicted octanol–water partition coefficient (Wildman–Crippen LogP) is 4.87. The molecule has 0 aliphatic carbocycles. The molecule has 0 atom stereocenters. The molecule has 0 fully saturated rings. The van der Waals surface area contributed by atoms with E-state index in [4.69, 9.17) is 4.74 Å². The second-order valence-electron chi connectivity index (χ2n) is 7.75. The van der Waals surface area contributed by atoms with Gasteiger partial charge in [0, 0.05) is 41.1 Å². The van der Waals surface area contributed by atoms with E-state index in [-0.39, 0.29) is 11.5 Å². The number of hydrogen-bond donors (Lipinski definition) is 1. The number of fused-ring (bicyclic) bond motifs is 1. The number of nitrogens with one attached hydrogen (secondary N) is 1. The summed E-state index contributed by atoms with van der Waals surface area (Å²) in [5.41, 5.74) is 4.99. The highest BCUT2D eigenvalue weighted by atomic mass is 16.5. The van der Waals surface area contributed by atoms with Crippen LogP contribution in [-0.4, -0.2) is 22.1 Å². The summed E-state index contributed by atoms with van der Waals surface area (Å²) >= 11 is 0. The zero-order valence-corrected chi connectivity index (χ0v) is 18.6. The highest BCUT2D eigenvalue weighted by Gasteiger charge is 2.14. The highest BCUT2D eigenvalue weighted by molar-refractivity contribution is 6.04. The van der Waals surface area contributed by atoms with Crippen LogP contribution in [0.1, 0.15) is 28.5 Å². The van der Waals surface area contributed by atoms with Gasteiger partial charge in [0.1, 0.15) is 5.75 Å². The lowest BCUT2D eigenvalue weighted by atomic mass is 9.99. The zero-order valence-electron chi connectivity index (χ0n) is 18.6. The van der Waals surface area contributed by atoms with Crippen LogP contribution in [0.3, 0.4) is 0 Å². The smallest absolute Gasteiger partial charge is 0.258 e. The molecule has 2 heterocycles. The maximum Gasteiger partial charge on any atom is 0.258 e. The third-order valence-corrected chi connectivity index (χ3v) is 5.44. The van der Waals surface area contributed by atoms with Crippen molar-refractivity contribution in [1.29, 1.82) is 0 Å². The third kappa shape index (κ3) is 4.12. The molecule has 6 heteroatoms. The zero-order chi connectivity index (χ0) is 22.8. The number of amides is 1. The van der Waals surface area contributed by atoms with Crippen molar-refractivity contribution >= 4 is 22.5 Å². The summed E-state index contributed by atoms with van der Waals surface area (Å²) in [6.07, 6.45) is 1.78. The second kappa shape index (κ2) is 8.67. The largest absolute Gasteiger partial charge is 0.494 e. The lowest BCUT2D eigenvalue weighted by Gasteiger charge is -2.13. The quantitative estimate of drug-likeness (QED) is 0.493. The Labute approximate surface area is 186 Å². The van der Waals surface area contributed by atoms with Gasteiger partial charge < -0.3 is 14.6 Å². The summed E-state index contributed by atoms with van der Waals surface area (Å²) in [7, 11) is 1.76. The molecule has 1 amide bonds. The van der Waals surface area contributed by atoms with E-state index in [1.807, 2.05) is 57.2 Å². The van der Waals surface area contributed by atoms with Crippen LogP contribution in [-0.2, 0) is 7.05 Å². The van der Waals surface area contributed by atoms with Gasteiger partial charge in [-0.05, 0) is 74.4 Å². The van der Waals surface area contributed by atoms with Gasteiger partial charge in [0.2, 0.25) is 0 Å². The maximum atomic E-state index is 13.1. The average Bonchev–Trinajstić information content (AvgIpc) is 2.78. The lowest BCUT2D eigenvalue weighted by Crippen LogP contribution is -2.19. The molecule has 1 N–H and O–H groups in total. The van der Waals surface area contributed by atoms with E-state index in [1.165, 1.54) is 0 Å². The molecule has 0 spiro atoms. The fourth-order valence-corrected chi connectivity index (χ4v) is 3.74. The van der Waals surface area contributed by atoms with Crippen molar-refractivity contribution in [3.05, 3.63) is 88.0 Å². The Hall–Kier alpha value is -3.93. The monoisotopic (exact) mass is 427 g/mol. The number of nitrogens with zero attached hydrogens (tertiary/aromatic N) is 2. The van der Waals surface area contributed by atoms with Crippen molar-refractivity contribution in [1.82, 2.24) is 9.55 Å². The maximum absolute atomic E-state index is 13.1. The minimum absolute atomic E-state index is 0.0981. The molecule has 162 valence electrons. The van der Waals surface area contributed by atoms with E-state index in [1.54, 1.807) is 36.0 Å². The number of aryl methyl sites for hydroxylation is 3. The van der Waals surface area contributed by atoms with Crippen LogP contribution in [0.2, 0.25) is 0 Å². The number of aromatic nitrogens is 2. The molecule has 0 bridgehead atoms. The van der Waals surface area contributed by atoms with Gasteiger partial charge in [-0.15, -0.1) is 0 Å². The molecule has 4 rings (SSSR count). The first kappa shape index (κ1) is 21.3. The van der Waals surface area contributed by atoms with Crippen molar-refractivity contribution in [2.45, 2.75) is 20.8 Å². The molecule has 0 saturated carbocycles. The van der Waals surface area contributed by atoms with Gasteiger partial charge in [-0.1, -0.05) is 12.1 Å². The van der Waals surface area contributed by atoms with Crippen LogP contribution < -0.4 is 15.6 Å². The first-order chi connectivity index (χ1) is 15.4. The Balaban J connectivity index is 1.72. The van der Waals surface area contributed by atoms with Gasteiger partial charge in [-0.3, -0.25) is 14.6 Å². The predicted molar refractivity (Wildman–Crippen MR) is 127 cm³/mol. The fraction of sp³-hybridized carbons (Fsp3) is 0.192. The first-order valence-electron chi connectivity index (χ1n) is 10.5. The van der Waals surface area contributed by atoms with E-state index in [0.29, 0.717) is 29.2 Å². The summed E-state index contributed by atoms with van der Waals surface area (Å²) in [5.74, 6) is 0.403. The van der Waals surface area contributed by atoms with Crippen LogP contribution in [0, 0.1) is 13.8 Å². The Morgan fingerprint density at radius 3 is 2.66 bits per heavy atom. The number of hydrogen-bond acceptors (Lipinski definition) is 4. The van der Waals surface area contributed by atoms with Crippen molar-refractivity contribution in [3.63, 3.8) is 0 Å². The molecule has 32 heavy (non-hydrogen) atoms. The molecule has 4 aromatic rings. The van der Waals surface area contributed by atoms with Gasteiger partial charge in [0.05, 0.1) is 12.1 Å². The molecule has 0 aliphatic heterocycles. The summed E-state index contributed by atoms with van der Waals surface area (Å²) in [6, 6.07) is 16.4. The third-order valence-electron chi connectivity index (χ3n) is 5.44. The number of anilines is 1. The van der Waals surface area contributed by atoms with Gasteiger partial charge in [0.15, 0.2) is 0 Å². The van der Waals surface area contributed by atoms with Gasteiger partial charge in [0.25, 0.3) is 11.5 Å². The van der Waals surface area contributed by atoms with E-state index in [0.717, 1.165) is 27.7 Å². The van der Waals surface area contributed by atoms with Crippen LogP contribution in [0.25, 0.3) is 22.0 Å². The Morgan fingerprint density at radius 2 is 1.88 bits per heavy atom. The van der Waals surface area contributed by atoms with Gasteiger partial charge in [-0.25, -0.2) is 0 Å². The number of carbonyl (C=O) groups excluding carboxylic acids is 1. The Kier molecular flexibility index (Phi) is 5.77. The minimum Gasteiger partial charge on any atom is -0.494 e. The molecule has 0 unspecified atom stereocenters. The molecular weight excluding hydrogens is 402 g/mol. The lowest BCUT2D eigenvalue weighted by molar-refractivity contribution is 0.102. The van der Waals surface area contributed by atoms with Crippen LogP contribution in [0.15, 0.2) is 65.6 Å². The minimum atomic E-state index is -0.243. The summed E-state index contributed by atoms with van der Waals surface area (Å²) in [6.45, 7) is 6.28. The molecule has 0 radical (unpaired) electrons. The van der Waals surface area contributed by atoms with Crippen LogP contribution in [0.4, 0.5) is 5.69 Å². The van der Waals surface area contributed by atoms with Crippen molar-refractivity contribution in [2.24, 2.45) is 7.05 Å². The van der Waals surface area contributed by atoms with Crippen molar-refractivity contribution in [3.8, 4) is 16.9 Å². The molecule has 0 aliphatic rings. The standard InChI is InChI=1S/C26H25N3O3/c1-5-32-21-8-6-7-18(12-21)25(30)28-20-10-9-16(2)22(14-20)23-13-19-15-27-17(3)11-24(19)29(4)26(23)31/h6-15H,5H2,1-4H3,(H,28,30). The van der Waals surface area contributed by atoms with Crippen molar-refractivity contribution in [2.75, 3.05) is 11.9 Å². The Bertz CT molecular complexity index is 1390. The molecular formula is C26H25N3O3. The number of carbonyl (C=O) groups is 1. The van der Waals surface area contributed by atoms with Crippen LogP contribution >= 0.6 is 0 Å². The van der Waals surface area contributed by atoms with Crippen molar-refractivity contribution < 1.29 is 9.53 Å². The Morgan fingerprint density at radius 1 is 1.06 bits per heavy atom. The van der Waals surface area contributed by atoms with Gasteiger partial charge in [-0.2, -0.15) is 0 Å². The number of rotatable bonds is 5. The molecule has 6 nitrogen and oxygen atoms in total. The summed E-state index contributed by atoms with van der Waals surface area (Å²) in [5, 5.41) is 3.81. The average molecular weight is 428 g/mol. The summed E-state index contributed by atoms with van der Waals surface area (Å²) in [4.78, 5) is 30.3. The second-order valence-corrected chi connectivity index (χ2v) is 7.75. The van der Waals surface area contributed by atoms with Crippen LogP contribution in [0.5, 0.6) is 5.75 Å². The fourth-order valence-electron chi connectivity index (χ4n) is 3.74. The normalized spacial score (nSPS) is 10.9. The molecule has 0 saturated heterocycles. The van der Waals surface area contributed by atoms with E-state index in [9.17, 15) is 9.59 Å². The van der Waals surface area contributed by atoms with Gasteiger partial charge >= 0.3 is 0 Å². The number of benzene rings is 2. The van der Waals surface area contributed by atoms with E-state index in [2.05, 4.69) is 10.3 Å². The SMILES string of the molecule is CCOc1cccc(C(=O)Nc2ccc(C)c(-c3cc4cnc(C)cc4n(C)c3=O)c2)c1. The highest BCUT2D eigenvalue weighted by Crippen LogP contribution is 2.27. The topological polar surface area (TPSA) is 73.2 Å². The number of pyridine rings is 2.